The van der Waals surface area contributed by atoms with Gasteiger partial charge in [-0.1, -0.05) is 0 Å². The Morgan fingerprint density at radius 3 is 1.06 bits per heavy atom. The minimum absolute atomic E-state index is 0.661. The molecule has 0 radical (unpaired) electrons. The lowest BCUT2D eigenvalue weighted by Crippen LogP contribution is -2.13. The highest BCUT2D eigenvalue weighted by atomic mass is 32.3. The Labute approximate surface area is 106 Å². The first kappa shape index (κ1) is 20.0. The molecule has 0 amide bonds. The second-order valence-electron chi connectivity index (χ2n) is 3.10. The summed E-state index contributed by atoms with van der Waals surface area (Å²) in [4.78, 5) is 0. The van der Waals surface area contributed by atoms with Gasteiger partial charge < -0.3 is 0 Å². The SMILES string of the molecule is CS(=O)(=O)CS(=O)(=O)O.CS(=O)(=O)OS(C)(=O)=O. The van der Waals surface area contributed by atoms with Crippen LogP contribution in [0.3, 0.4) is 0 Å². The summed E-state index contributed by atoms with van der Waals surface area (Å²) in [6.45, 7) is 0. The summed E-state index contributed by atoms with van der Waals surface area (Å²) in [6, 6.07) is 0. The zero-order chi connectivity index (χ0) is 15.4. The molecule has 0 aromatic rings. The van der Waals surface area contributed by atoms with E-state index >= 15 is 0 Å². The van der Waals surface area contributed by atoms with Crippen molar-refractivity contribution in [2.24, 2.45) is 0 Å². The molecule has 0 aliphatic carbocycles. The molecule has 0 saturated heterocycles. The van der Waals surface area contributed by atoms with Gasteiger partial charge in [-0.05, 0) is 0 Å². The molecule has 0 bridgehead atoms. The van der Waals surface area contributed by atoms with Crippen molar-refractivity contribution in [1.82, 2.24) is 0 Å². The molecule has 0 rings (SSSR count). The van der Waals surface area contributed by atoms with Crippen molar-refractivity contribution >= 4 is 40.2 Å². The van der Waals surface area contributed by atoms with Crippen molar-refractivity contribution in [2.45, 2.75) is 0 Å². The lowest BCUT2D eigenvalue weighted by molar-refractivity contribution is 0.470. The maximum atomic E-state index is 10.1. The Balaban J connectivity index is 0. The summed E-state index contributed by atoms with van der Waals surface area (Å²) >= 11 is 0. The fourth-order valence-corrected chi connectivity index (χ4v) is 4.46. The van der Waals surface area contributed by atoms with Gasteiger partial charge in [0.2, 0.25) is 0 Å². The average molecular weight is 348 g/mol. The third-order valence-electron chi connectivity index (χ3n) is 0.610. The molecule has 14 heteroatoms. The van der Waals surface area contributed by atoms with Gasteiger partial charge >= 0.3 is 0 Å². The summed E-state index contributed by atoms with van der Waals surface area (Å²) in [6.07, 6.45) is 2.04. The number of rotatable bonds is 4. The molecule has 0 atom stereocenters. The lowest BCUT2D eigenvalue weighted by Gasteiger charge is -1.92. The molecule has 1 N–H and O–H groups in total. The molecule has 0 spiro atoms. The molecule has 18 heavy (non-hydrogen) atoms. The van der Waals surface area contributed by atoms with Crippen LogP contribution in [0.25, 0.3) is 0 Å². The van der Waals surface area contributed by atoms with Crippen molar-refractivity contribution in [3.8, 4) is 0 Å². The van der Waals surface area contributed by atoms with Crippen LogP contribution in [0.5, 0.6) is 0 Å². The van der Waals surface area contributed by atoms with Crippen LogP contribution < -0.4 is 0 Å². The van der Waals surface area contributed by atoms with Crippen LogP contribution in [-0.4, -0.2) is 62.1 Å². The monoisotopic (exact) mass is 348 g/mol. The second-order valence-corrected chi connectivity index (χ2v) is 10.4. The molecule has 0 aliphatic rings. The summed E-state index contributed by atoms with van der Waals surface area (Å²) < 4.78 is 91.6. The fraction of sp³-hybridized carbons (Fsp3) is 1.00. The van der Waals surface area contributed by atoms with E-state index in [1.807, 2.05) is 0 Å². The van der Waals surface area contributed by atoms with Gasteiger partial charge in [-0.15, -0.1) is 3.63 Å². The van der Waals surface area contributed by atoms with E-state index in [0.717, 1.165) is 6.26 Å². The van der Waals surface area contributed by atoms with Gasteiger partial charge in [0.05, 0.1) is 12.5 Å². The first-order valence-electron chi connectivity index (χ1n) is 3.65. The van der Waals surface area contributed by atoms with Crippen LogP contribution in [0.2, 0.25) is 0 Å². The maximum Gasteiger partial charge on any atom is 0.279 e. The van der Waals surface area contributed by atoms with Gasteiger partial charge in [0.1, 0.15) is 0 Å². The van der Waals surface area contributed by atoms with Gasteiger partial charge in [0, 0.05) is 6.26 Å². The van der Waals surface area contributed by atoms with E-state index < -0.39 is 45.3 Å². The van der Waals surface area contributed by atoms with Gasteiger partial charge in [0.25, 0.3) is 30.4 Å². The molecule has 0 fully saturated rings. The third-order valence-corrected chi connectivity index (χ3v) is 5.49. The van der Waals surface area contributed by atoms with Crippen molar-refractivity contribution in [2.75, 3.05) is 23.9 Å². The molecular formula is C4H12O10S4. The van der Waals surface area contributed by atoms with Crippen LogP contribution >= 0.6 is 0 Å². The summed E-state index contributed by atoms with van der Waals surface area (Å²) in [5.74, 6) is 0. The van der Waals surface area contributed by atoms with Crippen LogP contribution in [0.4, 0.5) is 0 Å². The van der Waals surface area contributed by atoms with Crippen LogP contribution in [0.15, 0.2) is 0 Å². The standard InChI is InChI=1S/2C2H6O5S2/c1-8(3,4)7-9(2,5)6;1-8(3,4)2-9(5,6)7/h1-2H3;2H2,1H3,(H,5,6,7). The summed E-state index contributed by atoms with van der Waals surface area (Å²) in [5.41, 5.74) is 0. The molecule has 0 saturated carbocycles. The lowest BCUT2D eigenvalue weighted by atomic mass is 11.9. The van der Waals surface area contributed by atoms with E-state index in [-0.39, 0.29) is 0 Å². The topological polar surface area (TPSA) is 166 Å². The first-order valence-corrected chi connectivity index (χ1v) is 11.0. The van der Waals surface area contributed by atoms with Crippen molar-refractivity contribution in [3.05, 3.63) is 0 Å². The third kappa shape index (κ3) is 24.8. The Morgan fingerprint density at radius 2 is 1.06 bits per heavy atom. The molecule has 0 aliphatic heterocycles. The van der Waals surface area contributed by atoms with Gasteiger partial charge in [0.15, 0.2) is 14.9 Å². The van der Waals surface area contributed by atoms with E-state index in [0.29, 0.717) is 12.5 Å². The highest BCUT2D eigenvalue weighted by Crippen LogP contribution is 1.92. The molecule has 0 aromatic carbocycles. The van der Waals surface area contributed by atoms with E-state index in [1.54, 1.807) is 0 Å². The number of hydrogen-bond acceptors (Lipinski definition) is 9. The largest absolute Gasteiger partial charge is 0.285 e. The molecule has 0 heterocycles. The maximum absolute atomic E-state index is 10.1. The number of hydrogen-bond donors (Lipinski definition) is 1. The van der Waals surface area contributed by atoms with E-state index in [2.05, 4.69) is 3.63 Å². The zero-order valence-electron chi connectivity index (χ0n) is 9.46. The van der Waals surface area contributed by atoms with Crippen LogP contribution in [0.1, 0.15) is 0 Å². The zero-order valence-corrected chi connectivity index (χ0v) is 12.7. The quantitative estimate of drug-likeness (QED) is 0.550. The van der Waals surface area contributed by atoms with Crippen LogP contribution in [0, 0.1) is 0 Å². The fourth-order valence-electron chi connectivity index (χ4n) is 0.495. The molecule has 10 nitrogen and oxygen atoms in total. The predicted molar refractivity (Wildman–Crippen MR) is 62.0 cm³/mol. The smallest absolute Gasteiger partial charge is 0.279 e. The Hall–Kier alpha value is -0.280. The molecular weight excluding hydrogens is 336 g/mol. The molecule has 112 valence electrons. The Morgan fingerprint density at radius 1 is 0.778 bits per heavy atom. The van der Waals surface area contributed by atoms with Crippen molar-refractivity contribution in [3.63, 3.8) is 0 Å². The van der Waals surface area contributed by atoms with Gasteiger partial charge in [-0.3, -0.25) is 4.55 Å². The highest BCUT2D eigenvalue weighted by molar-refractivity contribution is 8.05. The normalized spacial score (nSPS) is 13.6. The second kappa shape index (κ2) is 6.25. The van der Waals surface area contributed by atoms with E-state index in [4.69, 9.17) is 4.55 Å². The predicted octanol–water partition coefficient (Wildman–Crippen LogP) is -2.20. The summed E-state index contributed by atoms with van der Waals surface area (Å²) in [5, 5.41) is -1.21. The minimum atomic E-state index is -4.37. The van der Waals surface area contributed by atoms with Crippen LogP contribution in [-0.2, 0) is 43.8 Å². The van der Waals surface area contributed by atoms with Gasteiger partial charge in [-0.2, -0.15) is 25.3 Å². The number of sulfone groups is 1. The minimum Gasteiger partial charge on any atom is -0.285 e. The highest BCUT2D eigenvalue weighted by Gasteiger charge is 2.13. The van der Waals surface area contributed by atoms with E-state index in [9.17, 15) is 33.7 Å². The molecule has 0 aromatic heterocycles. The van der Waals surface area contributed by atoms with Crippen molar-refractivity contribution in [1.29, 1.82) is 0 Å². The summed E-state index contributed by atoms with van der Waals surface area (Å²) in [7, 11) is -15.7. The average Bonchev–Trinajstić information content (AvgIpc) is 1.64. The Kier molecular flexibility index (Phi) is 6.96. The van der Waals surface area contributed by atoms with E-state index in [1.165, 1.54) is 0 Å². The van der Waals surface area contributed by atoms with Crippen molar-refractivity contribution < 1.29 is 41.9 Å². The van der Waals surface area contributed by atoms with Gasteiger partial charge in [-0.25, -0.2) is 8.42 Å². The Bertz CT molecular complexity index is 538. The molecule has 0 unspecified atom stereocenters. The first-order chi connectivity index (χ1) is 7.41.